The summed E-state index contributed by atoms with van der Waals surface area (Å²) in [6.45, 7) is 2.94. The third-order valence-electron chi connectivity index (χ3n) is 2.49. The van der Waals surface area contributed by atoms with Crippen LogP contribution in [-0.4, -0.2) is 26.1 Å². The summed E-state index contributed by atoms with van der Waals surface area (Å²) in [4.78, 5) is 12.3. The van der Waals surface area contributed by atoms with Crippen molar-refractivity contribution in [3.63, 3.8) is 0 Å². The van der Waals surface area contributed by atoms with E-state index in [4.69, 9.17) is 5.11 Å². The normalized spacial score (nSPS) is 10.4. The van der Waals surface area contributed by atoms with Gasteiger partial charge in [0.25, 0.3) is 0 Å². The van der Waals surface area contributed by atoms with Crippen LogP contribution in [0, 0.1) is 5.82 Å². The van der Waals surface area contributed by atoms with Gasteiger partial charge in [0.05, 0.1) is 24.8 Å². The fourth-order valence-corrected chi connectivity index (χ4v) is 1.57. The summed E-state index contributed by atoms with van der Waals surface area (Å²) in [5.74, 6) is -1.76. The maximum atomic E-state index is 13.2. The van der Waals surface area contributed by atoms with Gasteiger partial charge in [-0.15, -0.1) is 0 Å². The number of carboxylic acids is 1. The summed E-state index contributed by atoms with van der Waals surface area (Å²) in [6.07, 6.45) is 1.61. The molecule has 0 fully saturated rings. The molecule has 2 aromatic rings. The lowest BCUT2D eigenvalue weighted by Gasteiger charge is -2.05. The summed E-state index contributed by atoms with van der Waals surface area (Å²) in [7, 11) is 0. The van der Waals surface area contributed by atoms with Crippen molar-refractivity contribution in [2.75, 3.05) is 5.32 Å². The zero-order valence-corrected chi connectivity index (χ0v) is 10.3. The van der Waals surface area contributed by atoms with E-state index in [-0.39, 0.29) is 5.56 Å². The first-order valence-corrected chi connectivity index (χ1v) is 5.75. The zero-order valence-electron chi connectivity index (χ0n) is 10.3. The number of nitrogens with zero attached hydrogens (tertiary/aromatic N) is 3. The Bertz CT molecular complexity index is 597. The molecule has 0 saturated carbocycles. The van der Waals surface area contributed by atoms with Gasteiger partial charge in [0, 0.05) is 5.69 Å². The molecule has 0 atom stereocenters. The monoisotopic (exact) mass is 264 g/mol. The molecule has 0 unspecified atom stereocenters. The van der Waals surface area contributed by atoms with E-state index in [0.717, 1.165) is 6.07 Å². The topological polar surface area (TPSA) is 80.0 Å². The highest BCUT2D eigenvalue weighted by atomic mass is 19.1. The summed E-state index contributed by atoms with van der Waals surface area (Å²) >= 11 is 0. The fourth-order valence-electron chi connectivity index (χ4n) is 1.57. The number of halogens is 1. The highest BCUT2D eigenvalue weighted by molar-refractivity contribution is 5.88. The minimum Gasteiger partial charge on any atom is -0.478 e. The van der Waals surface area contributed by atoms with E-state index in [0.29, 0.717) is 24.5 Å². The smallest absolute Gasteiger partial charge is 0.335 e. The first kappa shape index (κ1) is 13.0. The minimum atomic E-state index is -1.17. The molecular weight excluding hydrogens is 251 g/mol. The lowest BCUT2D eigenvalue weighted by Crippen LogP contribution is -2.05. The number of carboxylic acid groups (broad SMARTS) is 1. The van der Waals surface area contributed by atoms with Crippen LogP contribution in [0.3, 0.4) is 0 Å². The average molecular weight is 264 g/mol. The van der Waals surface area contributed by atoms with Gasteiger partial charge in [-0.1, -0.05) is 0 Å². The second kappa shape index (κ2) is 5.47. The van der Waals surface area contributed by atoms with Crippen LogP contribution in [-0.2, 0) is 13.1 Å². The largest absolute Gasteiger partial charge is 0.478 e. The number of aryl methyl sites for hydroxylation is 1. The molecule has 0 radical (unpaired) electrons. The zero-order chi connectivity index (χ0) is 13.8. The van der Waals surface area contributed by atoms with Crippen molar-refractivity contribution < 1.29 is 14.3 Å². The van der Waals surface area contributed by atoms with Crippen LogP contribution >= 0.6 is 0 Å². The lowest BCUT2D eigenvalue weighted by atomic mass is 10.2. The fraction of sp³-hybridized carbons (Fsp3) is 0.250. The van der Waals surface area contributed by atoms with Crippen molar-refractivity contribution in [3.8, 4) is 0 Å². The van der Waals surface area contributed by atoms with Gasteiger partial charge in [0.2, 0.25) is 0 Å². The summed E-state index contributed by atoms with van der Waals surface area (Å²) < 4.78 is 13.2. The third kappa shape index (κ3) is 3.27. The Labute approximate surface area is 108 Å². The van der Waals surface area contributed by atoms with Gasteiger partial charge in [0.1, 0.15) is 11.5 Å². The predicted octanol–water partition coefficient (Wildman–Crippen LogP) is 1.75. The number of nitrogens with one attached hydrogen (secondary N) is 1. The number of anilines is 1. The van der Waals surface area contributed by atoms with E-state index in [2.05, 4.69) is 15.5 Å². The third-order valence-corrected chi connectivity index (χ3v) is 2.49. The van der Waals surface area contributed by atoms with Crippen molar-refractivity contribution in [2.24, 2.45) is 0 Å². The molecule has 0 bridgehead atoms. The quantitative estimate of drug-likeness (QED) is 0.860. The van der Waals surface area contributed by atoms with E-state index >= 15 is 0 Å². The maximum Gasteiger partial charge on any atom is 0.335 e. The molecule has 1 aromatic heterocycles. The number of aromatic carboxylic acids is 1. The van der Waals surface area contributed by atoms with Gasteiger partial charge in [-0.2, -0.15) is 15.0 Å². The van der Waals surface area contributed by atoms with E-state index in [1.54, 1.807) is 6.20 Å². The van der Waals surface area contributed by atoms with Crippen molar-refractivity contribution in [2.45, 2.75) is 20.0 Å². The number of carbonyl (C=O) groups is 1. The molecule has 1 aromatic carbocycles. The van der Waals surface area contributed by atoms with Crippen molar-refractivity contribution in [3.05, 3.63) is 41.5 Å². The summed E-state index contributed by atoms with van der Waals surface area (Å²) in [5.41, 5.74) is 0.992. The van der Waals surface area contributed by atoms with Crippen LogP contribution in [0.15, 0.2) is 24.4 Å². The highest BCUT2D eigenvalue weighted by Crippen LogP contribution is 2.14. The predicted molar refractivity (Wildman–Crippen MR) is 66.4 cm³/mol. The Morgan fingerprint density at radius 3 is 2.89 bits per heavy atom. The molecule has 2 N–H and O–H groups in total. The Hall–Kier alpha value is -2.44. The molecule has 7 heteroatoms. The van der Waals surface area contributed by atoms with Crippen LogP contribution in [0.4, 0.5) is 10.1 Å². The molecule has 1 heterocycles. The molecule has 100 valence electrons. The van der Waals surface area contributed by atoms with Crippen LogP contribution in [0.2, 0.25) is 0 Å². The summed E-state index contributed by atoms with van der Waals surface area (Å²) in [6, 6.07) is 3.58. The van der Waals surface area contributed by atoms with E-state index in [1.165, 1.54) is 16.9 Å². The van der Waals surface area contributed by atoms with Crippen LogP contribution in [0.1, 0.15) is 23.0 Å². The number of hydrogen-bond acceptors (Lipinski definition) is 4. The van der Waals surface area contributed by atoms with Gasteiger partial charge >= 0.3 is 5.97 Å². The van der Waals surface area contributed by atoms with E-state index < -0.39 is 11.8 Å². The molecule has 2 rings (SSSR count). The number of hydrogen-bond donors (Lipinski definition) is 2. The van der Waals surface area contributed by atoms with Gasteiger partial charge in [-0.05, 0) is 25.1 Å². The van der Waals surface area contributed by atoms with Gasteiger partial charge < -0.3 is 10.4 Å². The second-order valence-electron chi connectivity index (χ2n) is 3.91. The molecule has 0 saturated heterocycles. The molecule has 0 aliphatic rings. The van der Waals surface area contributed by atoms with E-state index in [9.17, 15) is 9.18 Å². The maximum absolute atomic E-state index is 13.2. The van der Waals surface area contributed by atoms with Crippen molar-refractivity contribution in [1.29, 1.82) is 0 Å². The lowest BCUT2D eigenvalue weighted by molar-refractivity contribution is 0.0696. The van der Waals surface area contributed by atoms with E-state index in [1.807, 2.05) is 6.92 Å². The van der Waals surface area contributed by atoms with Gasteiger partial charge in [-0.3, -0.25) is 0 Å². The SMILES string of the molecule is CCn1ncc(CNc2cc(F)cc(C(=O)O)c2)n1. The van der Waals surface area contributed by atoms with Crippen LogP contribution in [0.5, 0.6) is 0 Å². The van der Waals surface area contributed by atoms with Crippen LogP contribution in [0.25, 0.3) is 0 Å². The number of aromatic nitrogens is 3. The second-order valence-corrected chi connectivity index (χ2v) is 3.91. The molecular formula is C12H13FN4O2. The van der Waals surface area contributed by atoms with Gasteiger partial charge in [0.15, 0.2) is 0 Å². The Balaban J connectivity index is 2.08. The molecule has 0 amide bonds. The first-order chi connectivity index (χ1) is 9.08. The highest BCUT2D eigenvalue weighted by Gasteiger charge is 2.07. The van der Waals surface area contributed by atoms with Crippen molar-refractivity contribution >= 4 is 11.7 Å². The minimum absolute atomic E-state index is 0.0975. The molecule has 19 heavy (non-hydrogen) atoms. The summed E-state index contributed by atoms with van der Waals surface area (Å²) in [5, 5.41) is 19.9. The molecule has 0 aliphatic heterocycles. The first-order valence-electron chi connectivity index (χ1n) is 5.75. The van der Waals surface area contributed by atoms with Gasteiger partial charge in [-0.25, -0.2) is 9.18 Å². The molecule has 0 spiro atoms. The Morgan fingerprint density at radius 2 is 2.26 bits per heavy atom. The average Bonchev–Trinajstić information content (AvgIpc) is 2.83. The Kier molecular flexibility index (Phi) is 3.74. The molecule has 0 aliphatic carbocycles. The Morgan fingerprint density at radius 1 is 1.47 bits per heavy atom. The van der Waals surface area contributed by atoms with Crippen LogP contribution < -0.4 is 5.32 Å². The standard InChI is InChI=1S/C12H13FN4O2/c1-2-17-15-7-11(16-17)6-14-10-4-8(12(18)19)3-9(13)5-10/h3-5,7,14H,2,6H2,1H3,(H,18,19). The number of benzene rings is 1. The molecule has 6 nitrogen and oxygen atoms in total. The van der Waals surface area contributed by atoms with Crippen molar-refractivity contribution in [1.82, 2.24) is 15.0 Å². The number of rotatable bonds is 5.